The summed E-state index contributed by atoms with van der Waals surface area (Å²) in [5.41, 5.74) is 0.760. The fourth-order valence-electron chi connectivity index (χ4n) is 2.31. The van der Waals surface area contributed by atoms with Crippen LogP contribution in [0.15, 0.2) is 24.3 Å². The minimum absolute atomic E-state index is 0.123. The van der Waals surface area contributed by atoms with Gasteiger partial charge in [-0.3, -0.25) is 0 Å². The third-order valence-electron chi connectivity index (χ3n) is 3.35. The molecule has 4 aromatic rings. The van der Waals surface area contributed by atoms with E-state index in [0.717, 1.165) is 10.8 Å². The average molecular weight is 296 g/mol. The van der Waals surface area contributed by atoms with Crippen LogP contribution >= 0.6 is 0 Å². The van der Waals surface area contributed by atoms with Gasteiger partial charge in [0.2, 0.25) is 5.65 Å². The predicted octanol–water partition coefficient (Wildman–Crippen LogP) is 0.260. The summed E-state index contributed by atoms with van der Waals surface area (Å²) in [5.74, 6) is -0.732. The molecule has 0 aliphatic rings. The molecule has 0 fully saturated rings. The van der Waals surface area contributed by atoms with E-state index >= 15 is 0 Å². The smallest absolute Gasteiger partial charge is 0.358 e. The minimum atomic E-state index is -1.14. The molecule has 0 amide bonds. The molecule has 10 nitrogen and oxygen atoms in total. The zero-order chi connectivity index (χ0) is 15.3. The Labute approximate surface area is 122 Å². The molecule has 0 saturated heterocycles. The zero-order valence-corrected chi connectivity index (χ0v) is 11.2. The third kappa shape index (κ3) is 1.57. The highest BCUT2D eigenvalue weighted by atomic mass is 16.4. The Morgan fingerprint density at radius 1 is 1.14 bits per heavy atom. The van der Waals surface area contributed by atoms with E-state index in [1.165, 1.54) is 9.31 Å². The molecule has 0 spiro atoms. The van der Waals surface area contributed by atoms with Crippen molar-refractivity contribution in [3.8, 4) is 5.82 Å². The summed E-state index contributed by atoms with van der Waals surface area (Å²) in [4.78, 5) is 11.1. The molecule has 0 aliphatic heterocycles. The molecule has 0 unspecified atom stereocenters. The van der Waals surface area contributed by atoms with Crippen LogP contribution in [-0.4, -0.2) is 51.3 Å². The Bertz CT molecular complexity index is 1030. The van der Waals surface area contributed by atoms with Gasteiger partial charge in [-0.25, -0.2) is 4.79 Å². The van der Waals surface area contributed by atoms with Crippen LogP contribution in [0.1, 0.15) is 16.2 Å². The zero-order valence-electron chi connectivity index (χ0n) is 11.2. The van der Waals surface area contributed by atoms with Crippen LogP contribution in [0.2, 0.25) is 0 Å². The van der Waals surface area contributed by atoms with E-state index in [2.05, 4.69) is 30.9 Å². The van der Waals surface area contributed by atoms with Crippen molar-refractivity contribution < 1.29 is 9.90 Å². The van der Waals surface area contributed by atoms with Crippen LogP contribution in [0.3, 0.4) is 0 Å². The van der Waals surface area contributed by atoms with Gasteiger partial charge in [0, 0.05) is 10.8 Å². The molecule has 0 atom stereocenters. The number of hydrogen-bond donors (Lipinski definition) is 1. The maximum atomic E-state index is 11.1. The first kappa shape index (κ1) is 12.3. The minimum Gasteiger partial charge on any atom is -0.476 e. The number of rotatable bonds is 2. The lowest BCUT2D eigenvalue weighted by atomic mass is 10.2. The number of tetrazole rings is 1. The summed E-state index contributed by atoms with van der Waals surface area (Å²) in [6.07, 6.45) is 0. The number of aromatic nitrogens is 8. The molecule has 1 aromatic carbocycles. The summed E-state index contributed by atoms with van der Waals surface area (Å²) < 4.78 is 2.64. The molecule has 4 rings (SSSR count). The SMILES string of the molecule is Cc1c(C(=O)O)nnn1-c1nn2nnnc2c2ccccc12. The second kappa shape index (κ2) is 4.28. The van der Waals surface area contributed by atoms with Gasteiger partial charge in [-0.1, -0.05) is 29.5 Å². The lowest BCUT2D eigenvalue weighted by Gasteiger charge is -2.06. The first-order chi connectivity index (χ1) is 10.7. The Kier molecular flexibility index (Phi) is 2.40. The lowest BCUT2D eigenvalue weighted by molar-refractivity contribution is 0.0689. The van der Waals surface area contributed by atoms with Crippen LogP contribution in [0, 0.1) is 6.92 Å². The summed E-state index contributed by atoms with van der Waals surface area (Å²) in [5, 5.41) is 33.8. The monoisotopic (exact) mass is 296 g/mol. The summed E-state index contributed by atoms with van der Waals surface area (Å²) >= 11 is 0. The van der Waals surface area contributed by atoms with Crippen molar-refractivity contribution in [2.45, 2.75) is 6.92 Å². The number of nitrogens with zero attached hydrogens (tertiary/aromatic N) is 8. The summed E-state index contributed by atoms with van der Waals surface area (Å²) in [6, 6.07) is 7.40. The topological polar surface area (TPSA) is 124 Å². The number of fused-ring (bicyclic) bond motifs is 3. The molecular formula is C12H8N8O2. The Morgan fingerprint density at radius 3 is 2.64 bits per heavy atom. The van der Waals surface area contributed by atoms with E-state index in [1.54, 1.807) is 6.92 Å². The Hall–Kier alpha value is -3.43. The number of carboxylic acids is 1. The maximum Gasteiger partial charge on any atom is 0.358 e. The highest BCUT2D eigenvalue weighted by molar-refractivity contribution is 5.97. The van der Waals surface area contributed by atoms with Gasteiger partial charge in [-0.15, -0.1) is 19.9 Å². The first-order valence-corrected chi connectivity index (χ1v) is 6.30. The van der Waals surface area contributed by atoms with Crippen LogP contribution in [0.25, 0.3) is 22.2 Å². The van der Waals surface area contributed by atoms with Crippen molar-refractivity contribution in [2.75, 3.05) is 0 Å². The number of hydrogen-bond acceptors (Lipinski definition) is 7. The largest absolute Gasteiger partial charge is 0.476 e. The van der Waals surface area contributed by atoms with Gasteiger partial charge in [0.05, 0.1) is 5.69 Å². The van der Waals surface area contributed by atoms with Crippen LogP contribution in [0.5, 0.6) is 0 Å². The second-order valence-electron chi connectivity index (χ2n) is 4.60. The van der Waals surface area contributed by atoms with E-state index in [0.29, 0.717) is 17.2 Å². The normalized spacial score (nSPS) is 11.3. The molecule has 22 heavy (non-hydrogen) atoms. The highest BCUT2D eigenvalue weighted by Gasteiger charge is 2.20. The maximum absolute atomic E-state index is 11.1. The van der Waals surface area contributed by atoms with E-state index in [1.807, 2.05) is 24.3 Å². The molecule has 0 saturated carbocycles. The average Bonchev–Trinajstić information content (AvgIpc) is 3.12. The number of aromatic carboxylic acids is 1. The number of benzene rings is 1. The molecule has 108 valence electrons. The highest BCUT2D eigenvalue weighted by Crippen LogP contribution is 2.23. The van der Waals surface area contributed by atoms with E-state index in [-0.39, 0.29) is 5.69 Å². The Balaban J connectivity index is 2.11. The molecule has 3 aromatic heterocycles. The van der Waals surface area contributed by atoms with Crippen LogP contribution in [-0.2, 0) is 0 Å². The third-order valence-corrected chi connectivity index (χ3v) is 3.35. The fraction of sp³-hybridized carbons (Fsp3) is 0.0833. The van der Waals surface area contributed by atoms with Gasteiger partial charge in [-0.05, 0) is 17.4 Å². The van der Waals surface area contributed by atoms with Gasteiger partial charge in [0.15, 0.2) is 11.5 Å². The molecule has 3 heterocycles. The predicted molar refractivity (Wildman–Crippen MR) is 72.7 cm³/mol. The van der Waals surface area contributed by atoms with Crippen molar-refractivity contribution in [1.82, 2.24) is 40.2 Å². The van der Waals surface area contributed by atoms with Gasteiger partial charge < -0.3 is 5.11 Å². The van der Waals surface area contributed by atoms with E-state index in [9.17, 15) is 4.79 Å². The molecular weight excluding hydrogens is 288 g/mol. The quantitative estimate of drug-likeness (QED) is 0.558. The first-order valence-electron chi connectivity index (χ1n) is 6.30. The van der Waals surface area contributed by atoms with Crippen LogP contribution in [0.4, 0.5) is 0 Å². The van der Waals surface area contributed by atoms with Crippen LogP contribution < -0.4 is 0 Å². The van der Waals surface area contributed by atoms with E-state index in [4.69, 9.17) is 5.11 Å². The molecule has 0 bridgehead atoms. The standard InChI is InChI=1S/C12H8N8O2/c1-6-9(12(21)22)13-17-19(6)11-8-5-3-2-4-7(8)10-14-16-18-20(10)15-11/h2-5H,1H3,(H,21,22). The summed E-state index contributed by atoms with van der Waals surface area (Å²) in [7, 11) is 0. The van der Waals surface area contributed by atoms with Crippen molar-refractivity contribution >= 4 is 22.4 Å². The number of carbonyl (C=O) groups is 1. The second-order valence-corrected chi connectivity index (χ2v) is 4.60. The fourth-order valence-corrected chi connectivity index (χ4v) is 2.31. The molecule has 0 radical (unpaired) electrons. The Morgan fingerprint density at radius 2 is 1.91 bits per heavy atom. The molecule has 0 aliphatic carbocycles. The molecule has 1 N–H and O–H groups in total. The van der Waals surface area contributed by atoms with Gasteiger partial charge in [0.1, 0.15) is 0 Å². The molecule has 10 heteroatoms. The van der Waals surface area contributed by atoms with Gasteiger partial charge in [-0.2, -0.15) is 4.68 Å². The van der Waals surface area contributed by atoms with Crippen molar-refractivity contribution in [2.24, 2.45) is 0 Å². The summed E-state index contributed by atoms with van der Waals surface area (Å²) in [6.45, 7) is 1.61. The van der Waals surface area contributed by atoms with E-state index < -0.39 is 5.97 Å². The van der Waals surface area contributed by atoms with Crippen molar-refractivity contribution in [1.29, 1.82) is 0 Å². The van der Waals surface area contributed by atoms with Crippen molar-refractivity contribution in [3.05, 3.63) is 35.7 Å². The lowest BCUT2D eigenvalue weighted by Crippen LogP contribution is -2.08. The van der Waals surface area contributed by atoms with Gasteiger partial charge in [0.25, 0.3) is 0 Å². The van der Waals surface area contributed by atoms with Gasteiger partial charge >= 0.3 is 5.97 Å². The van der Waals surface area contributed by atoms with Crippen molar-refractivity contribution in [3.63, 3.8) is 0 Å². The number of carboxylic acid groups (broad SMARTS) is 1.